The summed E-state index contributed by atoms with van der Waals surface area (Å²) < 4.78 is 32.8. The van der Waals surface area contributed by atoms with Crippen LogP contribution in [0.25, 0.3) is 11.2 Å². The van der Waals surface area contributed by atoms with Gasteiger partial charge in [0.15, 0.2) is 22.6 Å². The largest absolute Gasteiger partial charge is 0.458 e. The lowest BCUT2D eigenvalue weighted by molar-refractivity contribution is -0.156. The number of hydrogen-bond donors (Lipinski definition) is 1. The van der Waals surface area contributed by atoms with E-state index in [-0.39, 0.29) is 29.8 Å². The van der Waals surface area contributed by atoms with E-state index >= 15 is 0 Å². The highest BCUT2D eigenvalue weighted by molar-refractivity contribution is 5.81. The molecule has 38 heavy (non-hydrogen) atoms. The average Bonchev–Trinajstić information content (AvgIpc) is 3.33. The molecule has 1 fully saturated rings. The van der Waals surface area contributed by atoms with Gasteiger partial charge in [-0.3, -0.25) is 14.2 Å². The fourth-order valence-corrected chi connectivity index (χ4v) is 5.07. The number of esters is 2. The number of rotatable bonds is 6. The normalized spacial score (nSPS) is 21.3. The second kappa shape index (κ2) is 9.68. The lowest BCUT2D eigenvalue weighted by Gasteiger charge is -2.30. The third-order valence-corrected chi connectivity index (χ3v) is 6.66. The van der Waals surface area contributed by atoms with Gasteiger partial charge in [0.1, 0.15) is 18.1 Å². The Morgan fingerprint density at radius 2 is 2.05 bits per heavy atom. The molecule has 1 aromatic carbocycles. The second-order valence-corrected chi connectivity index (χ2v) is 10.3. The van der Waals surface area contributed by atoms with Crippen LogP contribution in [0.5, 0.6) is 5.75 Å². The lowest BCUT2D eigenvalue weighted by Crippen LogP contribution is -2.38. The number of terminal acetylenes is 1. The predicted molar refractivity (Wildman–Crippen MR) is 136 cm³/mol. The van der Waals surface area contributed by atoms with Gasteiger partial charge in [-0.1, -0.05) is 25.8 Å². The third-order valence-electron chi connectivity index (χ3n) is 6.66. The van der Waals surface area contributed by atoms with Crippen LogP contribution in [0, 0.1) is 32.3 Å². The number of nitrogens with zero attached hydrogens (tertiary/aromatic N) is 4. The van der Waals surface area contributed by atoms with Crippen molar-refractivity contribution in [1.82, 2.24) is 19.5 Å². The van der Waals surface area contributed by atoms with E-state index in [0.29, 0.717) is 5.75 Å². The predicted octanol–water partition coefficient (Wildman–Crippen LogP) is 3.68. The second-order valence-electron chi connectivity index (χ2n) is 10.3. The Hall–Kier alpha value is -4.04. The molecule has 4 rings (SSSR count). The minimum absolute atomic E-state index is 0.0179. The van der Waals surface area contributed by atoms with E-state index in [4.69, 9.17) is 26.4 Å². The van der Waals surface area contributed by atoms with E-state index in [1.54, 1.807) is 13.0 Å². The van der Waals surface area contributed by atoms with Gasteiger partial charge in [0.2, 0.25) is 0 Å². The lowest BCUT2D eigenvalue weighted by atomic mass is 9.78. The first kappa shape index (κ1) is 27.0. The number of fused-ring (bicyclic) bond motifs is 1. The Morgan fingerprint density at radius 1 is 1.34 bits per heavy atom. The number of carbonyl (C=O) groups is 2. The van der Waals surface area contributed by atoms with Crippen LogP contribution in [0.1, 0.15) is 63.5 Å². The zero-order valence-corrected chi connectivity index (χ0v) is 22.2. The molecule has 0 saturated carbocycles. The first-order valence-electron chi connectivity index (χ1n) is 12.0. The van der Waals surface area contributed by atoms with Crippen molar-refractivity contribution >= 4 is 28.9 Å². The molecule has 0 bridgehead atoms. The summed E-state index contributed by atoms with van der Waals surface area (Å²) in [7, 11) is 0. The number of ether oxygens (including phenoxy) is 3. The molecule has 2 aromatic heterocycles. The van der Waals surface area contributed by atoms with Crippen LogP contribution in [0.4, 0.5) is 10.2 Å². The maximum Gasteiger partial charge on any atom is 0.312 e. The molecule has 200 valence electrons. The van der Waals surface area contributed by atoms with E-state index in [0.717, 1.165) is 16.7 Å². The van der Waals surface area contributed by atoms with Gasteiger partial charge in [-0.05, 0) is 38.0 Å². The van der Waals surface area contributed by atoms with Crippen molar-refractivity contribution in [2.45, 2.75) is 77.7 Å². The molecule has 0 aliphatic carbocycles. The molecular weight excluding hydrogens is 493 g/mol. The smallest absolute Gasteiger partial charge is 0.312 e. The summed E-state index contributed by atoms with van der Waals surface area (Å²) in [5.41, 5.74) is 6.68. The Kier molecular flexibility index (Phi) is 6.88. The third kappa shape index (κ3) is 5.04. The van der Waals surface area contributed by atoms with Gasteiger partial charge in [-0.15, -0.1) is 6.42 Å². The Balaban J connectivity index is 1.57. The highest BCUT2D eigenvalue weighted by Gasteiger charge is 2.48. The molecule has 10 nitrogen and oxygen atoms in total. The number of hydrogen-bond acceptors (Lipinski definition) is 9. The van der Waals surface area contributed by atoms with Gasteiger partial charge in [-0.25, -0.2) is 4.98 Å². The SMILES string of the molecule is C#C[C@]1(C)O[C@@H](n2cnc3c(N)nc(F)nc32)C[C@@H]1OC(=O)CC(C)(C)c1c(C)cc(C)cc1OC(C)=O. The van der Waals surface area contributed by atoms with Crippen molar-refractivity contribution in [2.75, 3.05) is 5.73 Å². The topological polar surface area (TPSA) is 131 Å². The quantitative estimate of drug-likeness (QED) is 0.222. The van der Waals surface area contributed by atoms with Crippen LogP contribution in [-0.2, 0) is 24.5 Å². The van der Waals surface area contributed by atoms with Gasteiger partial charge in [0, 0.05) is 24.3 Å². The maximum absolute atomic E-state index is 13.8. The van der Waals surface area contributed by atoms with Crippen LogP contribution in [0.3, 0.4) is 0 Å². The molecule has 1 aliphatic rings. The van der Waals surface area contributed by atoms with Crippen LogP contribution < -0.4 is 10.5 Å². The maximum atomic E-state index is 13.8. The summed E-state index contributed by atoms with van der Waals surface area (Å²) in [4.78, 5) is 36.4. The molecule has 0 amide bonds. The molecule has 3 aromatic rings. The number of benzene rings is 1. The van der Waals surface area contributed by atoms with E-state index in [1.807, 2.05) is 33.8 Å². The summed E-state index contributed by atoms with van der Waals surface area (Å²) in [5.74, 6) is 1.92. The molecule has 1 aliphatic heterocycles. The number of halogens is 1. The molecule has 0 radical (unpaired) electrons. The Morgan fingerprint density at radius 3 is 2.71 bits per heavy atom. The number of anilines is 1. The van der Waals surface area contributed by atoms with Crippen molar-refractivity contribution in [1.29, 1.82) is 0 Å². The van der Waals surface area contributed by atoms with Crippen LogP contribution >= 0.6 is 0 Å². The number of imidazole rings is 1. The fraction of sp³-hybridized carbons (Fsp3) is 0.444. The first-order valence-corrected chi connectivity index (χ1v) is 12.0. The molecule has 3 atom stereocenters. The van der Waals surface area contributed by atoms with Gasteiger partial charge in [-0.2, -0.15) is 14.4 Å². The van der Waals surface area contributed by atoms with Crippen molar-refractivity contribution in [3.8, 4) is 18.1 Å². The number of aromatic nitrogens is 4. The van der Waals surface area contributed by atoms with Crippen LogP contribution in [0.2, 0.25) is 0 Å². The minimum atomic E-state index is -1.26. The average molecular weight is 524 g/mol. The molecule has 1 saturated heterocycles. The van der Waals surface area contributed by atoms with E-state index in [1.165, 1.54) is 17.8 Å². The van der Waals surface area contributed by atoms with Gasteiger partial charge < -0.3 is 19.9 Å². The van der Waals surface area contributed by atoms with Gasteiger partial charge >= 0.3 is 18.0 Å². The highest BCUT2D eigenvalue weighted by atomic mass is 19.1. The molecule has 2 N–H and O–H groups in total. The van der Waals surface area contributed by atoms with Gasteiger partial charge in [0.25, 0.3) is 0 Å². The fourth-order valence-electron chi connectivity index (χ4n) is 5.07. The Bertz CT molecular complexity index is 1480. The number of nitrogen functional groups attached to an aromatic ring is 1. The molecular formula is C27H30FN5O5. The molecule has 0 unspecified atom stereocenters. The zero-order valence-electron chi connectivity index (χ0n) is 22.2. The van der Waals surface area contributed by atoms with Crippen LogP contribution in [0.15, 0.2) is 18.5 Å². The first-order chi connectivity index (χ1) is 17.7. The number of carbonyl (C=O) groups excluding carboxylic acids is 2. The zero-order chi connectivity index (χ0) is 28.0. The van der Waals surface area contributed by atoms with E-state index in [2.05, 4.69) is 20.9 Å². The summed E-state index contributed by atoms with van der Waals surface area (Å²) >= 11 is 0. The Labute approximate surface area is 219 Å². The van der Waals surface area contributed by atoms with Crippen molar-refractivity contribution < 1.29 is 28.2 Å². The summed E-state index contributed by atoms with van der Waals surface area (Å²) in [6.45, 7) is 10.5. The standard InChI is InChI=1S/C27H30FN5O5/c1-8-27(7)18(11-19(38-27)33-13-30-22-23(29)31-25(28)32-24(22)33)37-20(35)12-26(5,6)21-15(3)9-14(2)10-17(21)36-16(4)34/h1,9-10,13,18-19H,11-12H2,2-7H3,(H2,29,31,32)/t18-,19+,27-/m0/s1. The van der Waals surface area contributed by atoms with Crippen LogP contribution in [-0.4, -0.2) is 43.2 Å². The number of nitrogens with two attached hydrogens (primary N) is 1. The molecule has 11 heteroatoms. The summed E-state index contributed by atoms with van der Waals surface area (Å²) in [6, 6.07) is 3.74. The van der Waals surface area contributed by atoms with E-state index in [9.17, 15) is 14.0 Å². The van der Waals surface area contributed by atoms with Crippen molar-refractivity contribution in [3.05, 3.63) is 41.2 Å². The monoisotopic (exact) mass is 523 g/mol. The highest BCUT2D eigenvalue weighted by Crippen LogP contribution is 2.42. The summed E-state index contributed by atoms with van der Waals surface area (Å²) in [6.07, 6.45) is 4.79. The minimum Gasteiger partial charge on any atom is -0.458 e. The van der Waals surface area contributed by atoms with E-state index < -0.39 is 41.4 Å². The van der Waals surface area contributed by atoms with Gasteiger partial charge in [0.05, 0.1) is 12.7 Å². The molecule has 0 spiro atoms. The number of aryl methyl sites for hydroxylation is 2. The van der Waals surface area contributed by atoms with Crippen molar-refractivity contribution in [3.63, 3.8) is 0 Å². The summed E-state index contributed by atoms with van der Waals surface area (Å²) in [5, 5.41) is 0. The molecule has 3 heterocycles. The van der Waals surface area contributed by atoms with Crippen molar-refractivity contribution in [2.24, 2.45) is 0 Å².